The van der Waals surface area contributed by atoms with Gasteiger partial charge in [0.15, 0.2) is 5.78 Å². The van der Waals surface area contributed by atoms with Gasteiger partial charge in [0, 0.05) is 52.6 Å². The third kappa shape index (κ3) is 3.91. The third-order valence-corrected chi connectivity index (χ3v) is 6.51. The second kappa shape index (κ2) is 9.02. The number of nitrogens with zero attached hydrogens (tertiary/aromatic N) is 2. The maximum atomic E-state index is 13.4. The molecular formula is C28H23N3O4. The number of hydrogen-bond donors (Lipinski definition) is 2. The van der Waals surface area contributed by atoms with Gasteiger partial charge in [0.1, 0.15) is 11.6 Å². The van der Waals surface area contributed by atoms with Crippen LogP contribution in [0.15, 0.2) is 102 Å². The Labute approximate surface area is 202 Å². The number of rotatable bonds is 4. The van der Waals surface area contributed by atoms with E-state index < -0.39 is 10.8 Å². The van der Waals surface area contributed by atoms with E-state index in [0.29, 0.717) is 47.4 Å². The molecule has 35 heavy (non-hydrogen) atoms. The number of aliphatic hydroxyl groups is 1. The number of Topliss-reactive ketones (excluding diaryl/α,β-unsaturated/α-hetero) is 1. The number of allylic oxidation sites excluding steroid dienone is 2. The van der Waals surface area contributed by atoms with Gasteiger partial charge in [0.05, 0.1) is 4.92 Å². The van der Waals surface area contributed by atoms with Crippen LogP contribution in [0, 0.1) is 15.5 Å². The highest BCUT2D eigenvalue weighted by Gasteiger charge is 2.43. The van der Waals surface area contributed by atoms with Gasteiger partial charge in [-0.3, -0.25) is 25.2 Å². The zero-order valence-electron chi connectivity index (χ0n) is 18.8. The van der Waals surface area contributed by atoms with E-state index in [9.17, 15) is 25.4 Å². The Morgan fingerprint density at radius 1 is 0.943 bits per heavy atom. The minimum Gasteiger partial charge on any atom is -0.507 e. The number of nitrogens with one attached hydrogen (secondary N) is 1. The lowest BCUT2D eigenvalue weighted by Crippen LogP contribution is -2.42. The van der Waals surface area contributed by atoms with Crippen LogP contribution in [0.1, 0.15) is 36.3 Å². The number of nitro groups is 1. The van der Waals surface area contributed by atoms with E-state index in [1.165, 1.54) is 12.1 Å². The SMILES string of the molecule is N=C1C(=C(O)c2ccccc2)C(c2ccccc2)C2=C(CCCC2=O)N1c1ccc([N+](=O)[O-])cc1. The van der Waals surface area contributed by atoms with Crippen molar-refractivity contribution in [2.75, 3.05) is 4.90 Å². The molecule has 3 aromatic carbocycles. The van der Waals surface area contributed by atoms with Crippen LogP contribution >= 0.6 is 0 Å². The number of amidine groups is 1. The number of carbonyl (C=O) groups is 1. The van der Waals surface area contributed by atoms with Gasteiger partial charge in [0.25, 0.3) is 5.69 Å². The summed E-state index contributed by atoms with van der Waals surface area (Å²) in [6.07, 6.45) is 1.63. The molecule has 0 amide bonds. The Bertz CT molecular complexity index is 1380. The van der Waals surface area contributed by atoms with Gasteiger partial charge in [-0.05, 0) is 30.5 Å². The van der Waals surface area contributed by atoms with Crippen molar-refractivity contribution >= 4 is 28.8 Å². The molecule has 0 radical (unpaired) electrons. The molecular weight excluding hydrogens is 442 g/mol. The molecule has 1 atom stereocenters. The number of benzene rings is 3. The summed E-state index contributed by atoms with van der Waals surface area (Å²) in [6.45, 7) is 0. The second-order valence-corrected chi connectivity index (χ2v) is 8.57. The lowest BCUT2D eigenvalue weighted by Gasteiger charge is -2.41. The predicted octanol–water partition coefficient (Wildman–Crippen LogP) is 6.15. The summed E-state index contributed by atoms with van der Waals surface area (Å²) < 4.78 is 0. The fraction of sp³-hybridized carbons (Fsp3) is 0.143. The summed E-state index contributed by atoms with van der Waals surface area (Å²) in [4.78, 5) is 25.8. The molecule has 0 saturated heterocycles. The normalized spacial score (nSPS) is 19.4. The van der Waals surface area contributed by atoms with Crippen LogP contribution in [-0.4, -0.2) is 21.6 Å². The molecule has 2 N–H and O–H groups in total. The topological polar surface area (TPSA) is 108 Å². The monoisotopic (exact) mass is 465 g/mol. The minimum atomic E-state index is -0.596. The van der Waals surface area contributed by atoms with Crippen LogP contribution in [0.25, 0.3) is 5.76 Å². The standard InChI is InChI=1S/C28H23N3O4/c29-28-26(27(33)19-10-5-2-6-11-19)24(18-8-3-1-4-9-18)25-22(12-7-13-23(25)32)30(28)20-14-16-21(17-15-20)31(34)35/h1-6,8-11,14-17,24,29,33H,7,12-13H2. The molecule has 7 heteroatoms. The largest absolute Gasteiger partial charge is 0.507 e. The van der Waals surface area contributed by atoms with Gasteiger partial charge in [-0.1, -0.05) is 60.7 Å². The molecule has 0 saturated carbocycles. The summed E-state index contributed by atoms with van der Waals surface area (Å²) in [5, 5.41) is 31.9. The molecule has 174 valence electrons. The van der Waals surface area contributed by atoms with E-state index in [2.05, 4.69) is 0 Å². The fourth-order valence-corrected chi connectivity index (χ4v) is 4.93. The first-order chi connectivity index (χ1) is 17.0. The van der Waals surface area contributed by atoms with Gasteiger partial charge in [0.2, 0.25) is 0 Å². The molecule has 3 aromatic rings. The van der Waals surface area contributed by atoms with Crippen LogP contribution in [0.4, 0.5) is 11.4 Å². The smallest absolute Gasteiger partial charge is 0.269 e. The number of carbonyl (C=O) groups excluding carboxylic acids is 1. The predicted molar refractivity (Wildman–Crippen MR) is 134 cm³/mol. The Balaban J connectivity index is 1.79. The number of aliphatic hydroxyl groups excluding tert-OH is 1. The first kappa shape index (κ1) is 22.3. The van der Waals surface area contributed by atoms with Crippen molar-refractivity contribution in [3.8, 4) is 0 Å². The first-order valence-electron chi connectivity index (χ1n) is 11.4. The van der Waals surface area contributed by atoms with Crippen molar-refractivity contribution in [2.24, 2.45) is 0 Å². The highest BCUT2D eigenvalue weighted by molar-refractivity contribution is 6.19. The Kier molecular flexibility index (Phi) is 5.74. The first-order valence-corrected chi connectivity index (χ1v) is 11.4. The molecule has 0 fully saturated rings. The lowest BCUT2D eigenvalue weighted by molar-refractivity contribution is -0.384. The van der Waals surface area contributed by atoms with Crippen molar-refractivity contribution in [1.29, 1.82) is 5.41 Å². The average molecular weight is 466 g/mol. The van der Waals surface area contributed by atoms with E-state index in [1.54, 1.807) is 41.3 Å². The zero-order valence-corrected chi connectivity index (χ0v) is 18.8. The number of ketones is 1. The van der Waals surface area contributed by atoms with Crippen molar-refractivity contribution < 1.29 is 14.8 Å². The molecule has 2 aliphatic rings. The van der Waals surface area contributed by atoms with Crippen molar-refractivity contribution in [3.05, 3.63) is 123 Å². The van der Waals surface area contributed by atoms with Crippen molar-refractivity contribution in [1.82, 2.24) is 0 Å². The Morgan fingerprint density at radius 2 is 1.57 bits per heavy atom. The summed E-state index contributed by atoms with van der Waals surface area (Å²) in [7, 11) is 0. The van der Waals surface area contributed by atoms with Gasteiger partial charge in [-0.15, -0.1) is 0 Å². The van der Waals surface area contributed by atoms with E-state index in [1.807, 2.05) is 36.4 Å². The summed E-state index contributed by atoms with van der Waals surface area (Å²) in [5.41, 5.74) is 3.44. The van der Waals surface area contributed by atoms with E-state index in [0.717, 1.165) is 5.56 Å². The quantitative estimate of drug-likeness (QED) is 0.273. The van der Waals surface area contributed by atoms with Gasteiger partial charge in [-0.2, -0.15) is 0 Å². The molecule has 1 aliphatic carbocycles. The summed E-state index contributed by atoms with van der Waals surface area (Å²) in [6, 6.07) is 24.4. The second-order valence-electron chi connectivity index (χ2n) is 8.57. The molecule has 1 heterocycles. The number of nitro benzene ring substituents is 1. The molecule has 0 bridgehead atoms. The fourth-order valence-electron chi connectivity index (χ4n) is 4.93. The van der Waals surface area contributed by atoms with Crippen molar-refractivity contribution in [2.45, 2.75) is 25.2 Å². The van der Waals surface area contributed by atoms with E-state index in [4.69, 9.17) is 0 Å². The number of anilines is 1. The van der Waals surface area contributed by atoms with Crippen LogP contribution in [0.3, 0.4) is 0 Å². The van der Waals surface area contributed by atoms with Crippen LogP contribution in [-0.2, 0) is 4.79 Å². The Hall–Kier alpha value is -4.52. The summed E-state index contributed by atoms with van der Waals surface area (Å²) >= 11 is 0. The van der Waals surface area contributed by atoms with Crippen LogP contribution in [0.5, 0.6) is 0 Å². The van der Waals surface area contributed by atoms with Gasteiger partial charge in [-0.25, -0.2) is 0 Å². The highest BCUT2D eigenvalue weighted by Crippen LogP contribution is 2.47. The van der Waals surface area contributed by atoms with Gasteiger partial charge >= 0.3 is 0 Å². The summed E-state index contributed by atoms with van der Waals surface area (Å²) in [5.74, 6) is -0.636. The van der Waals surface area contributed by atoms with Crippen LogP contribution < -0.4 is 4.90 Å². The van der Waals surface area contributed by atoms with Crippen LogP contribution in [0.2, 0.25) is 0 Å². The zero-order chi connectivity index (χ0) is 24.5. The molecule has 0 aromatic heterocycles. The number of hydrogen-bond acceptors (Lipinski definition) is 5. The van der Waals surface area contributed by atoms with Crippen molar-refractivity contribution in [3.63, 3.8) is 0 Å². The lowest BCUT2D eigenvalue weighted by atomic mass is 9.73. The third-order valence-electron chi connectivity index (χ3n) is 6.51. The molecule has 0 spiro atoms. The van der Waals surface area contributed by atoms with E-state index >= 15 is 0 Å². The molecule has 5 rings (SSSR count). The van der Waals surface area contributed by atoms with E-state index in [-0.39, 0.29) is 23.1 Å². The highest BCUT2D eigenvalue weighted by atomic mass is 16.6. The molecule has 1 unspecified atom stereocenters. The minimum absolute atomic E-state index is 0.0159. The maximum Gasteiger partial charge on any atom is 0.269 e. The Morgan fingerprint density at radius 3 is 2.20 bits per heavy atom. The van der Waals surface area contributed by atoms with Gasteiger partial charge < -0.3 is 5.11 Å². The average Bonchev–Trinajstić information content (AvgIpc) is 2.89. The number of non-ortho nitro benzene ring substituents is 1. The maximum absolute atomic E-state index is 13.4. The molecule has 7 nitrogen and oxygen atoms in total. The molecule has 1 aliphatic heterocycles.